The first-order valence-corrected chi connectivity index (χ1v) is 7.35. The monoisotopic (exact) mass is 247 g/mol. The lowest BCUT2D eigenvalue weighted by molar-refractivity contribution is 0.408. The van der Waals surface area contributed by atoms with Crippen molar-refractivity contribution in [3.63, 3.8) is 0 Å². The summed E-state index contributed by atoms with van der Waals surface area (Å²) in [5.74, 6) is 13.1. The molecule has 0 aliphatic rings. The second-order valence-corrected chi connectivity index (χ2v) is 4.92. The molecule has 1 nitrogen and oxygen atoms in total. The molecule has 0 unspecified atom stereocenters. The third-order valence-electron chi connectivity index (χ3n) is 2.80. The molecule has 0 amide bonds. The summed E-state index contributed by atoms with van der Waals surface area (Å²) in [5, 5.41) is 0. The summed E-state index contributed by atoms with van der Waals surface area (Å²) < 4.78 is 0. The van der Waals surface area contributed by atoms with Crippen LogP contribution in [0, 0.1) is 23.7 Å². The van der Waals surface area contributed by atoms with Crippen molar-refractivity contribution < 1.29 is 0 Å². The zero-order valence-corrected chi connectivity index (χ0v) is 12.7. The Morgan fingerprint density at radius 3 is 1.56 bits per heavy atom. The molecule has 0 N–H and O–H groups in total. The highest BCUT2D eigenvalue weighted by Crippen LogP contribution is 1.99. The van der Waals surface area contributed by atoms with Gasteiger partial charge in [-0.05, 0) is 26.9 Å². The van der Waals surface area contributed by atoms with Crippen molar-refractivity contribution in [3.8, 4) is 23.7 Å². The SMILES string of the molecule is CCCCCC#CC(C#CCCCCC)N(C)C. The van der Waals surface area contributed by atoms with Gasteiger partial charge in [-0.15, -0.1) is 11.8 Å². The van der Waals surface area contributed by atoms with Gasteiger partial charge < -0.3 is 0 Å². The molecule has 0 aliphatic heterocycles. The number of rotatable bonds is 7. The lowest BCUT2D eigenvalue weighted by Gasteiger charge is -2.12. The predicted molar refractivity (Wildman–Crippen MR) is 81.3 cm³/mol. The van der Waals surface area contributed by atoms with Crippen LogP contribution in [0.3, 0.4) is 0 Å². The van der Waals surface area contributed by atoms with Crippen molar-refractivity contribution in [1.29, 1.82) is 0 Å². The fraction of sp³-hybridized carbons (Fsp3) is 0.765. The second kappa shape index (κ2) is 12.5. The van der Waals surface area contributed by atoms with Crippen LogP contribution in [0.2, 0.25) is 0 Å². The molecule has 0 rings (SSSR count). The van der Waals surface area contributed by atoms with E-state index >= 15 is 0 Å². The van der Waals surface area contributed by atoms with Crippen molar-refractivity contribution in [2.75, 3.05) is 14.1 Å². The van der Waals surface area contributed by atoms with Gasteiger partial charge in [0.15, 0.2) is 0 Å². The van der Waals surface area contributed by atoms with Crippen molar-refractivity contribution in [3.05, 3.63) is 0 Å². The molecule has 18 heavy (non-hydrogen) atoms. The molecular weight excluding hydrogens is 218 g/mol. The molecule has 0 saturated heterocycles. The van der Waals surface area contributed by atoms with E-state index in [-0.39, 0.29) is 6.04 Å². The van der Waals surface area contributed by atoms with Crippen LogP contribution in [0.25, 0.3) is 0 Å². The minimum atomic E-state index is 0.105. The molecule has 0 bridgehead atoms. The van der Waals surface area contributed by atoms with Gasteiger partial charge in [0.25, 0.3) is 0 Å². The summed E-state index contributed by atoms with van der Waals surface area (Å²) in [7, 11) is 4.10. The standard InChI is InChI=1S/C17H29N/c1-5-7-9-11-13-15-17(18(3)4)16-14-12-10-8-6-2/h17H,5-12H2,1-4H3. The predicted octanol–water partition coefficient (Wildman–Crippen LogP) is 4.08. The Hall–Kier alpha value is -0.920. The van der Waals surface area contributed by atoms with Crippen LogP contribution >= 0.6 is 0 Å². The molecule has 102 valence electrons. The third kappa shape index (κ3) is 10.2. The molecule has 0 aliphatic carbocycles. The van der Waals surface area contributed by atoms with Crippen LogP contribution in [0.15, 0.2) is 0 Å². The maximum absolute atomic E-state index is 3.27. The van der Waals surface area contributed by atoms with E-state index in [9.17, 15) is 0 Å². The van der Waals surface area contributed by atoms with Gasteiger partial charge >= 0.3 is 0 Å². The Kier molecular flexibility index (Phi) is 11.9. The van der Waals surface area contributed by atoms with E-state index in [0.29, 0.717) is 0 Å². The molecule has 0 saturated carbocycles. The third-order valence-corrected chi connectivity index (χ3v) is 2.80. The Morgan fingerprint density at radius 1 is 0.778 bits per heavy atom. The highest BCUT2D eigenvalue weighted by Gasteiger charge is 2.01. The second-order valence-electron chi connectivity index (χ2n) is 4.92. The van der Waals surface area contributed by atoms with Crippen molar-refractivity contribution in [2.45, 2.75) is 71.3 Å². The minimum absolute atomic E-state index is 0.105. The molecule has 0 atom stereocenters. The van der Waals surface area contributed by atoms with Gasteiger partial charge in [-0.3, -0.25) is 4.90 Å². The summed E-state index contributed by atoms with van der Waals surface area (Å²) in [5.41, 5.74) is 0. The number of hydrogen-bond donors (Lipinski definition) is 0. The van der Waals surface area contributed by atoms with E-state index in [1.807, 2.05) is 14.1 Å². The average Bonchev–Trinajstić information content (AvgIpc) is 2.35. The first kappa shape index (κ1) is 17.1. The zero-order chi connectivity index (χ0) is 13.6. The Balaban J connectivity index is 4.05. The lowest BCUT2D eigenvalue weighted by atomic mass is 10.2. The molecule has 1 heteroatoms. The first-order valence-electron chi connectivity index (χ1n) is 7.35. The Bertz CT molecular complexity index is 267. The molecule has 0 heterocycles. The number of unbranched alkanes of at least 4 members (excludes halogenated alkanes) is 6. The van der Waals surface area contributed by atoms with Crippen LogP contribution in [-0.2, 0) is 0 Å². The van der Waals surface area contributed by atoms with Crippen molar-refractivity contribution >= 4 is 0 Å². The normalized spacial score (nSPS) is 9.89. The number of hydrogen-bond acceptors (Lipinski definition) is 1. The van der Waals surface area contributed by atoms with E-state index in [1.165, 1.54) is 38.5 Å². The molecule has 0 spiro atoms. The van der Waals surface area contributed by atoms with Crippen LogP contribution < -0.4 is 0 Å². The van der Waals surface area contributed by atoms with Crippen molar-refractivity contribution in [2.24, 2.45) is 0 Å². The Morgan fingerprint density at radius 2 is 1.22 bits per heavy atom. The highest BCUT2D eigenvalue weighted by molar-refractivity contribution is 5.22. The van der Waals surface area contributed by atoms with Gasteiger partial charge in [-0.1, -0.05) is 51.4 Å². The molecule has 0 fully saturated rings. The smallest absolute Gasteiger partial charge is 0.133 e. The zero-order valence-electron chi connectivity index (χ0n) is 12.7. The maximum Gasteiger partial charge on any atom is 0.133 e. The molecule has 0 aromatic heterocycles. The van der Waals surface area contributed by atoms with Gasteiger partial charge in [-0.2, -0.15) is 0 Å². The summed E-state index contributed by atoms with van der Waals surface area (Å²) in [6, 6.07) is 0.105. The summed E-state index contributed by atoms with van der Waals surface area (Å²) in [6.45, 7) is 4.44. The first-order chi connectivity index (χ1) is 8.72. The minimum Gasteiger partial charge on any atom is -0.286 e. The Labute approximate surface area is 114 Å². The van der Waals surface area contributed by atoms with Crippen molar-refractivity contribution in [1.82, 2.24) is 4.90 Å². The molecule has 0 radical (unpaired) electrons. The van der Waals surface area contributed by atoms with Gasteiger partial charge in [0.1, 0.15) is 6.04 Å². The fourth-order valence-electron chi connectivity index (χ4n) is 1.56. The van der Waals surface area contributed by atoms with Gasteiger partial charge in [0.05, 0.1) is 0 Å². The summed E-state index contributed by atoms with van der Waals surface area (Å²) in [6.07, 6.45) is 9.53. The topological polar surface area (TPSA) is 3.24 Å². The van der Waals surface area contributed by atoms with E-state index in [1.54, 1.807) is 0 Å². The van der Waals surface area contributed by atoms with Gasteiger partial charge in [-0.25, -0.2) is 0 Å². The fourth-order valence-corrected chi connectivity index (χ4v) is 1.56. The summed E-state index contributed by atoms with van der Waals surface area (Å²) >= 11 is 0. The van der Waals surface area contributed by atoms with E-state index in [2.05, 4.69) is 42.4 Å². The van der Waals surface area contributed by atoms with E-state index < -0.39 is 0 Å². The van der Waals surface area contributed by atoms with E-state index in [4.69, 9.17) is 0 Å². The maximum atomic E-state index is 3.27. The van der Waals surface area contributed by atoms with Gasteiger partial charge in [0.2, 0.25) is 0 Å². The lowest BCUT2D eigenvalue weighted by Crippen LogP contribution is -2.24. The molecule has 0 aromatic rings. The molecule has 0 aromatic carbocycles. The largest absolute Gasteiger partial charge is 0.286 e. The van der Waals surface area contributed by atoms with Crippen LogP contribution in [0.1, 0.15) is 65.2 Å². The highest BCUT2D eigenvalue weighted by atomic mass is 15.1. The van der Waals surface area contributed by atoms with Crippen LogP contribution in [0.5, 0.6) is 0 Å². The van der Waals surface area contributed by atoms with Crippen LogP contribution in [-0.4, -0.2) is 25.0 Å². The average molecular weight is 247 g/mol. The quantitative estimate of drug-likeness (QED) is 0.484. The van der Waals surface area contributed by atoms with Gasteiger partial charge in [0, 0.05) is 12.8 Å². The summed E-state index contributed by atoms with van der Waals surface area (Å²) in [4.78, 5) is 2.10. The molecular formula is C17H29N. The number of nitrogens with zero attached hydrogens (tertiary/aromatic N) is 1. The van der Waals surface area contributed by atoms with Crippen LogP contribution in [0.4, 0.5) is 0 Å². The van der Waals surface area contributed by atoms with E-state index in [0.717, 1.165) is 12.8 Å².